The summed E-state index contributed by atoms with van der Waals surface area (Å²) >= 11 is 0. The average molecular weight is 329 g/mol. The van der Waals surface area contributed by atoms with Crippen molar-refractivity contribution in [2.24, 2.45) is 0 Å². The third kappa shape index (κ3) is 1.49. The van der Waals surface area contributed by atoms with Gasteiger partial charge in [-0.05, 0) is 36.6 Å². The summed E-state index contributed by atoms with van der Waals surface area (Å²) in [6, 6.07) is 6.65. The summed E-state index contributed by atoms with van der Waals surface area (Å²) in [5.41, 5.74) is 8.60. The molecule has 0 saturated heterocycles. The van der Waals surface area contributed by atoms with Gasteiger partial charge in [-0.1, -0.05) is 39.8 Å². The second kappa shape index (κ2) is 4.21. The van der Waals surface area contributed by atoms with E-state index in [2.05, 4.69) is 70.3 Å². The number of aryl methyl sites for hydroxylation is 2. The molecule has 1 aromatic carbocycles. The van der Waals surface area contributed by atoms with Crippen LogP contribution in [0.5, 0.6) is 0 Å². The molecule has 0 unspecified atom stereocenters. The number of rotatable bonds is 0. The van der Waals surface area contributed by atoms with E-state index in [0.717, 1.165) is 11.2 Å². The molecule has 1 aliphatic heterocycles. The lowest BCUT2D eigenvalue weighted by atomic mass is 9.60. The lowest BCUT2D eigenvalue weighted by Crippen LogP contribution is -2.44. The monoisotopic (exact) mass is 329 g/mol. The summed E-state index contributed by atoms with van der Waals surface area (Å²) in [5, 5.41) is 2.45. The largest absolute Gasteiger partial charge is 0.295 e. The van der Waals surface area contributed by atoms with Crippen molar-refractivity contribution in [3.8, 4) is 0 Å². The quantitative estimate of drug-likeness (QED) is 0.414. The van der Waals surface area contributed by atoms with Crippen LogP contribution in [0.1, 0.15) is 50.1 Å². The number of hydrogen-bond donors (Lipinski definition) is 0. The van der Waals surface area contributed by atoms with Gasteiger partial charge in [0.25, 0.3) is 0 Å². The molecule has 0 spiro atoms. The van der Waals surface area contributed by atoms with Crippen LogP contribution in [0, 0.1) is 13.8 Å². The number of benzene rings is 1. The van der Waals surface area contributed by atoms with E-state index in [-0.39, 0.29) is 10.8 Å². The first-order chi connectivity index (χ1) is 11.8. The number of imidazole rings is 1. The molecule has 0 aliphatic carbocycles. The van der Waals surface area contributed by atoms with Crippen molar-refractivity contribution in [1.29, 1.82) is 0 Å². The highest BCUT2D eigenvalue weighted by Gasteiger charge is 2.46. The number of pyridine rings is 2. The number of fused-ring (bicyclic) bond motifs is 3. The summed E-state index contributed by atoms with van der Waals surface area (Å²) in [6.45, 7) is 13.7. The van der Waals surface area contributed by atoms with Crippen LogP contribution in [0.3, 0.4) is 0 Å². The molecule has 3 nitrogen and oxygen atoms in total. The van der Waals surface area contributed by atoms with E-state index in [4.69, 9.17) is 9.97 Å². The zero-order valence-corrected chi connectivity index (χ0v) is 15.7. The second-order valence-electron chi connectivity index (χ2n) is 8.56. The van der Waals surface area contributed by atoms with Gasteiger partial charge in [0.15, 0.2) is 0 Å². The molecule has 0 saturated carbocycles. The van der Waals surface area contributed by atoms with E-state index >= 15 is 0 Å². The van der Waals surface area contributed by atoms with Crippen molar-refractivity contribution in [2.45, 2.75) is 52.4 Å². The van der Waals surface area contributed by atoms with Crippen molar-refractivity contribution in [3.05, 3.63) is 53.0 Å². The second-order valence-corrected chi connectivity index (χ2v) is 8.56. The molecule has 126 valence electrons. The Bertz CT molecular complexity index is 1210. The van der Waals surface area contributed by atoms with Gasteiger partial charge >= 0.3 is 0 Å². The number of nitrogens with zero attached hydrogens (tertiary/aromatic N) is 3. The number of hydrogen-bond acceptors (Lipinski definition) is 2. The summed E-state index contributed by atoms with van der Waals surface area (Å²) in [5.74, 6) is 0. The molecule has 4 aromatic rings. The van der Waals surface area contributed by atoms with Crippen LogP contribution >= 0.6 is 0 Å². The Balaban J connectivity index is 2.25. The third-order valence-corrected chi connectivity index (χ3v) is 6.87. The maximum absolute atomic E-state index is 4.88. The van der Waals surface area contributed by atoms with Gasteiger partial charge in [-0.15, -0.1) is 0 Å². The molecule has 1 aliphatic rings. The predicted molar refractivity (Wildman–Crippen MR) is 104 cm³/mol. The third-order valence-electron chi connectivity index (χ3n) is 6.87. The van der Waals surface area contributed by atoms with Gasteiger partial charge in [-0.2, -0.15) is 0 Å². The van der Waals surface area contributed by atoms with E-state index in [1.807, 2.05) is 6.20 Å². The molecule has 3 heteroatoms. The highest BCUT2D eigenvalue weighted by atomic mass is 15.0. The van der Waals surface area contributed by atoms with Gasteiger partial charge in [-0.25, -0.2) is 4.98 Å². The molecule has 4 heterocycles. The fourth-order valence-electron chi connectivity index (χ4n) is 4.61. The van der Waals surface area contributed by atoms with Crippen LogP contribution in [0.2, 0.25) is 0 Å². The van der Waals surface area contributed by atoms with Crippen LogP contribution in [-0.2, 0) is 10.8 Å². The highest BCUT2D eigenvalue weighted by Crippen LogP contribution is 2.51. The van der Waals surface area contributed by atoms with Crippen LogP contribution in [0.4, 0.5) is 0 Å². The summed E-state index contributed by atoms with van der Waals surface area (Å²) < 4.78 is 2.40. The summed E-state index contributed by atoms with van der Waals surface area (Å²) in [4.78, 5) is 9.66. The molecule has 0 amide bonds. The Hall–Kier alpha value is -2.42. The zero-order chi connectivity index (χ0) is 17.7. The lowest BCUT2D eigenvalue weighted by molar-refractivity contribution is 0.288. The smallest absolute Gasteiger partial charge is 0.147 e. The minimum Gasteiger partial charge on any atom is -0.295 e. The summed E-state index contributed by atoms with van der Waals surface area (Å²) in [6.07, 6.45) is 4.00. The van der Waals surface area contributed by atoms with Gasteiger partial charge in [0.05, 0.1) is 11.0 Å². The van der Waals surface area contributed by atoms with Crippen molar-refractivity contribution in [3.63, 3.8) is 0 Å². The van der Waals surface area contributed by atoms with Crippen LogP contribution in [-0.4, -0.2) is 14.4 Å². The molecule has 0 radical (unpaired) electrons. The van der Waals surface area contributed by atoms with Crippen LogP contribution < -0.4 is 0 Å². The van der Waals surface area contributed by atoms with Crippen LogP contribution in [0.25, 0.3) is 27.5 Å². The zero-order valence-electron chi connectivity index (χ0n) is 15.7. The Morgan fingerprint density at radius 1 is 0.840 bits per heavy atom. The molecule has 3 aromatic heterocycles. The Labute approximate surface area is 147 Å². The fourth-order valence-corrected chi connectivity index (χ4v) is 4.61. The average Bonchev–Trinajstić information content (AvgIpc) is 2.99. The van der Waals surface area contributed by atoms with E-state index in [1.165, 1.54) is 38.7 Å². The first-order valence-corrected chi connectivity index (χ1v) is 8.96. The minimum atomic E-state index is -0.00854. The van der Waals surface area contributed by atoms with E-state index in [0.29, 0.717) is 0 Å². The maximum Gasteiger partial charge on any atom is 0.147 e. The predicted octanol–water partition coefficient (Wildman–Crippen LogP) is 5.22. The van der Waals surface area contributed by atoms with Crippen molar-refractivity contribution < 1.29 is 0 Å². The van der Waals surface area contributed by atoms with E-state index in [1.54, 1.807) is 0 Å². The maximum atomic E-state index is 4.88. The molecule has 0 fully saturated rings. The first-order valence-electron chi connectivity index (χ1n) is 8.96. The number of aromatic nitrogens is 3. The van der Waals surface area contributed by atoms with Gasteiger partial charge in [0.2, 0.25) is 0 Å². The van der Waals surface area contributed by atoms with Gasteiger partial charge < -0.3 is 0 Å². The SMILES string of the molecule is Cc1ccnc2c1c1ncc3n1c1c(ccc(C)c21)C(C)(C)C3(C)C. The molecular formula is C22H23N3. The van der Waals surface area contributed by atoms with E-state index in [9.17, 15) is 0 Å². The molecule has 25 heavy (non-hydrogen) atoms. The van der Waals surface area contributed by atoms with Gasteiger partial charge in [0, 0.05) is 39.7 Å². The Morgan fingerprint density at radius 3 is 2.32 bits per heavy atom. The van der Waals surface area contributed by atoms with Crippen molar-refractivity contribution in [2.75, 3.05) is 0 Å². The van der Waals surface area contributed by atoms with E-state index < -0.39 is 0 Å². The Morgan fingerprint density at radius 2 is 1.56 bits per heavy atom. The molecular weight excluding hydrogens is 306 g/mol. The lowest BCUT2D eigenvalue weighted by Gasteiger charge is -2.46. The fraction of sp³-hybridized carbons (Fsp3) is 0.364. The first kappa shape index (κ1) is 14.9. The standard InChI is InChI=1S/C22H23N3/c1-12-7-8-14-19-16(12)18-17(13(2)9-10-23-18)20-24-11-15(25(19)20)22(5,6)21(14,3)4/h7-11H,1-6H3. The molecule has 0 N–H and O–H groups in total. The summed E-state index contributed by atoms with van der Waals surface area (Å²) in [7, 11) is 0. The molecule has 0 atom stereocenters. The highest BCUT2D eigenvalue weighted by molar-refractivity contribution is 6.13. The molecule has 0 bridgehead atoms. The molecule has 5 rings (SSSR count). The van der Waals surface area contributed by atoms with Crippen molar-refractivity contribution >= 4 is 27.5 Å². The van der Waals surface area contributed by atoms with Gasteiger partial charge in [0.1, 0.15) is 5.65 Å². The topological polar surface area (TPSA) is 30.2 Å². The Kier molecular flexibility index (Phi) is 2.51. The minimum absolute atomic E-state index is 0.00854. The van der Waals surface area contributed by atoms with Crippen LogP contribution in [0.15, 0.2) is 30.6 Å². The van der Waals surface area contributed by atoms with Gasteiger partial charge in [-0.3, -0.25) is 9.38 Å². The van der Waals surface area contributed by atoms with Crippen molar-refractivity contribution in [1.82, 2.24) is 14.4 Å². The normalized spacial score (nSPS) is 17.8.